The Morgan fingerprint density at radius 1 is 1.07 bits per heavy atom. The summed E-state index contributed by atoms with van der Waals surface area (Å²) in [6.45, 7) is 5.86. The first-order valence-corrected chi connectivity index (χ1v) is 9.50. The van der Waals surface area contributed by atoms with Crippen molar-refractivity contribution in [2.75, 3.05) is 39.3 Å². The molecule has 0 N–H and O–H groups in total. The second kappa shape index (κ2) is 7.35. The molecule has 7 nitrogen and oxygen atoms in total. The van der Waals surface area contributed by atoms with E-state index in [4.69, 9.17) is 0 Å². The molecule has 2 aromatic rings. The third-order valence-electron chi connectivity index (χ3n) is 5.71. The molecule has 0 aliphatic carbocycles. The molecule has 2 aliphatic rings. The standard InChI is InChI=1S/C20H24FN5O2/c1-14-5-7-23(2)18(14)20(28)26-12-15(13-26)24-8-10-25(11-9-24)19(27)17-16(21)4-3-6-22-17/h3-7,15H,8-13H2,1-2H3. The van der Waals surface area contributed by atoms with E-state index in [0.717, 1.165) is 24.3 Å². The zero-order chi connectivity index (χ0) is 19.8. The minimum atomic E-state index is -0.584. The van der Waals surface area contributed by atoms with Crippen molar-refractivity contribution < 1.29 is 14.0 Å². The maximum atomic E-state index is 13.8. The van der Waals surface area contributed by atoms with E-state index in [1.165, 1.54) is 18.3 Å². The summed E-state index contributed by atoms with van der Waals surface area (Å²) >= 11 is 0. The van der Waals surface area contributed by atoms with Crippen LogP contribution < -0.4 is 0 Å². The molecule has 4 rings (SSSR count). The van der Waals surface area contributed by atoms with Crippen molar-refractivity contribution in [2.45, 2.75) is 13.0 Å². The SMILES string of the molecule is Cc1ccn(C)c1C(=O)N1CC(N2CCN(C(=O)c3ncccc3F)CC2)C1. The van der Waals surface area contributed by atoms with Gasteiger partial charge in [-0.15, -0.1) is 0 Å². The summed E-state index contributed by atoms with van der Waals surface area (Å²) in [7, 11) is 1.89. The van der Waals surface area contributed by atoms with Crippen LogP contribution in [0.4, 0.5) is 4.39 Å². The maximum Gasteiger partial charge on any atom is 0.275 e. The molecule has 0 atom stereocenters. The van der Waals surface area contributed by atoms with Crippen LogP contribution in [0.15, 0.2) is 30.6 Å². The molecule has 0 radical (unpaired) electrons. The number of likely N-dealkylation sites (tertiary alicyclic amines) is 1. The van der Waals surface area contributed by atoms with E-state index in [1.54, 1.807) is 4.90 Å². The zero-order valence-electron chi connectivity index (χ0n) is 16.1. The number of carbonyl (C=O) groups is 2. The molecule has 0 saturated carbocycles. The molecule has 2 aromatic heterocycles. The minimum Gasteiger partial charge on any atom is -0.346 e. The van der Waals surface area contributed by atoms with E-state index in [0.29, 0.717) is 32.2 Å². The average molecular weight is 385 g/mol. The van der Waals surface area contributed by atoms with E-state index >= 15 is 0 Å². The first-order valence-electron chi connectivity index (χ1n) is 9.50. The van der Waals surface area contributed by atoms with Gasteiger partial charge >= 0.3 is 0 Å². The van der Waals surface area contributed by atoms with Gasteiger partial charge in [-0.3, -0.25) is 14.5 Å². The third-order valence-corrected chi connectivity index (χ3v) is 5.71. The van der Waals surface area contributed by atoms with Crippen LogP contribution in [0, 0.1) is 12.7 Å². The third kappa shape index (κ3) is 3.28. The van der Waals surface area contributed by atoms with Crippen molar-refractivity contribution in [3.05, 3.63) is 53.4 Å². The Bertz CT molecular complexity index is 878. The Morgan fingerprint density at radius 3 is 2.39 bits per heavy atom. The number of rotatable bonds is 3. The van der Waals surface area contributed by atoms with Crippen LogP contribution >= 0.6 is 0 Å². The first kappa shape index (κ1) is 18.6. The van der Waals surface area contributed by atoms with Crippen LogP contribution in [0.5, 0.6) is 0 Å². The van der Waals surface area contributed by atoms with Crippen LogP contribution in [0.1, 0.15) is 26.5 Å². The van der Waals surface area contributed by atoms with Crippen molar-refractivity contribution in [1.29, 1.82) is 0 Å². The number of pyridine rings is 1. The van der Waals surface area contributed by atoms with Gasteiger partial charge in [0.25, 0.3) is 11.8 Å². The molecule has 28 heavy (non-hydrogen) atoms. The van der Waals surface area contributed by atoms with E-state index < -0.39 is 5.82 Å². The van der Waals surface area contributed by atoms with Gasteiger partial charge in [-0.2, -0.15) is 0 Å². The second-order valence-electron chi connectivity index (χ2n) is 7.48. The highest BCUT2D eigenvalue weighted by atomic mass is 19.1. The number of nitrogens with zero attached hydrogens (tertiary/aromatic N) is 5. The molecule has 2 aliphatic heterocycles. The number of carbonyl (C=O) groups excluding carboxylic acids is 2. The summed E-state index contributed by atoms with van der Waals surface area (Å²) < 4.78 is 15.7. The van der Waals surface area contributed by atoms with Gasteiger partial charge < -0.3 is 14.4 Å². The Morgan fingerprint density at radius 2 is 1.79 bits per heavy atom. The lowest BCUT2D eigenvalue weighted by molar-refractivity contribution is 0.00782. The summed E-state index contributed by atoms with van der Waals surface area (Å²) in [5.74, 6) is -0.873. The zero-order valence-corrected chi connectivity index (χ0v) is 16.1. The highest BCUT2D eigenvalue weighted by Crippen LogP contribution is 2.21. The Hall–Kier alpha value is -2.74. The fourth-order valence-corrected chi connectivity index (χ4v) is 3.96. The van der Waals surface area contributed by atoms with Crippen LogP contribution in [0.3, 0.4) is 0 Å². The Labute approximate surface area is 163 Å². The minimum absolute atomic E-state index is 0.0701. The number of aryl methyl sites for hydroxylation is 2. The van der Waals surface area contributed by atoms with Crippen LogP contribution in [-0.4, -0.2) is 81.4 Å². The van der Waals surface area contributed by atoms with Crippen molar-refractivity contribution in [3.8, 4) is 0 Å². The largest absolute Gasteiger partial charge is 0.346 e. The molecule has 0 aromatic carbocycles. The Balaban J connectivity index is 1.30. The van der Waals surface area contributed by atoms with Crippen LogP contribution in [-0.2, 0) is 7.05 Å². The van der Waals surface area contributed by atoms with E-state index in [2.05, 4.69) is 9.88 Å². The predicted molar refractivity (Wildman–Crippen MR) is 102 cm³/mol. The van der Waals surface area contributed by atoms with E-state index in [-0.39, 0.29) is 17.5 Å². The predicted octanol–water partition coefficient (Wildman–Crippen LogP) is 1.15. The second-order valence-corrected chi connectivity index (χ2v) is 7.48. The number of halogens is 1. The van der Waals surface area contributed by atoms with E-state index in [9.17, 15) is 14.0 Å². The van der Waals surface area contributed by atoms with Gasteiger partial charge in [0.1, 0.15) is 5.69 Å². The summed E-state index contributed by atoms with van der Waals surface area (Å²) in [4.78, 5) is 34.8. The van der Waals surface area contributed by atoms with Crippen molar-refractivity contribution in [2.24, 2.45) is 7.05 Å². The molecule has 4 heterocycles. The quantitative estimate of drug-likeness (QED) is 0.795. The fourth-order valence-electron chi connectivity index (χ4n) is 3.96. The lowest BCUT2D eigenvalue weighted by Gasteiger charge is -2.48. The van der Waals surface area contributed by atoms with Gasteiger partial charge in [0, 0.05) is 64.8 Å². The molecule has 2 fully saturated rings. The lowest BCUT2D eigenvalue weighted by Crippen LogP contribution is -2.64. The maximum absolute atomic E-state index is 13.8. The summed E-state index contributed by atoms with van der Waals surface area (Å²) in [6.07, 6.45) is 3.33. The molecule has 8 heteroatoms. The normalized spacial score (nSPS) is 18.2. The number of amides is 2. The van der Waals surface area contributed by atoms with Crippen molar-refractivity contribution in [1.82, 2.24) is 24.3 Å². The molecule has 0 spiro atoms. The fraction of sp³-hybridized carbons (Fsp3) is 0.450. The van der Waals surface area contributed by atoms with Gasteiger partial charge in [0.2, 0.25) is 0 Å². The van der Waals surface area contributed by atoms with Crippen molar-refractivity contribution >= 4 is 11.8 Å². The lowest BCUT2D eigenvalue weighted by atomic mass is 10.0. The molecule has 0 bridgehead atoms. The topological polar surface area (TPSA) is 61.7 Å². The average Bonchev–Trinajstić information content (AvgIpc) is 2.99. The van der Waals surface area contributed by atoms with Crippen LogP contribution in [0.2, 0.25) is 0 Å². The molecule has 2 amide bonds. The van der Waals surface area contributed by atoms with Crippen LogP contribution in [0.25, 0.3) is 0 Å². The first-order chi connectivity index (χ1) is 13.5. The molecular formula is C20H24FN5O2. The van der Waals surface area contributed by atoms with Gasteiger partial charge in [-0.25, -0.2) is 9.37 Å². The summed E-state index contributed by atoms with van der Waals surface area (Å²) in [6, 6.07) is 4.99. The molecule has 2 saturated heterocycles. The highest BCUT2D eigenvalue weighted by molar-refractivity contribution is 5.95. The smallest absolute Gasteiger partial charge is 0.275 e. The number of hydrogen-bond acceptors (Lipinski definition) is 4. The molecule has 148 valence electrons. The molecule has 0 unspecified atom stereocenters. The number of hydrogen-bond donors (Lipinski definition) is 0. The number of aromatic nitrogens is 2. The molecular weight excluding hydrogens is 361 g/mol. The van der Waals surface area contributed by atoms with Gasteiger partial charge in [-0.1, -0.05) is 0 Å². The summed E-state index contributed by atoms with van der Waals surface area (Å²) in [5.41, 5.74) is 1.62. The Kier molecular flexibility index (Phi) is 4.89. The van der Waals surface area contributed by atoms with Gasteiger partial charge in [0.15, 0.2) is 11.5 Å². The summed E-state index contributed by atoms with van der Waals surface area (Å²) in [5, 5.41) is 0. The monoisotopic (exact) mass is 385 g/mol. The number of piperazine rings is 1. The van der Waals surface area contributed by atoms with Crippen molar-refractivity contribution in [3.63, 3.8) is 0 Å². The van der Waals surface area contributed by atoms with Gasteiger partial charge in [-0.05, 0) is 30.7 Å². The highest BCUT2D eigenvalue weighted by Gasteiger charge is 2.38. The van der Waals surface area contributed by atoms with Gasteiger partial charge in [0.05, 0.1) is 0 Å². The van der Waals surface area contributed by atoms with E-state index in [1.807, 2.05) is 35.7 Å².